The van der Waals surface area contributed by atoms with E-state index < -0.39 is 0 Å². The first-order chi connectivity index (χ1) is 12.6. The highest BCUT2D eigenvalue weighted by Gasteiger charge is 2.12. The van der Waals surface area contributed by atoms with Gasteiger partial charge in [-0.1, -0.05) is 60.7 Å². The number of aryl methyl sites for hydroxylation is 3. The number of nitrogens with zero attached hydrogens (tertiary/aromatic N) is 2. The normalized spacial score (nSPS) is 10.9. The zero-order valence-corrected chi connectivity index (χ0v) is 15.4. The predicted octanol–water partition coefficient (Wildman–Crippen LogP) is 6.13. The molecule has 0 atom stereocenters. The van der Waals surface area contributed by atoms with Crippen LogP contribution in [0.1, 0.15) is 16.7 Å². The van der Waals surface area contributed by atoms with Gasteiger partial charge in [-0.15, -0.1) is 0 Å². The van der Waals surface area contributed by atoms with E-state index >= 15 is 0 Å². The quantitative estimate of drug-likeness (QED) is 0.439. The van der Waals surface area contributed by atoms with Crippen molar-refractivity contribution in [2.24, 2.45) is 0 Å². The minimum Gasteiger partial charge on any atom is -0.240 e. The molecule has 1 aromatic heterocycles. The Hall–Kier alpha value is -3.13. The first-order valence-corrected chi connectivity index (χ1v) is 8.91. The molecule has 0 N–H and O–H groups in total. The summed E-state index contributed by atoms with van der Waals surface area (Å²) in [6.07, 6.45) is 4.09. The van der Waals surface area contributed by atoms with Crippen molar-refractivity contribution in [2.75, 3.05) is 0 Å². The molecule has 2 heteroatoms. The van der Waals surface area contributed by atoms with Crippen molar-refractivity contribution in [3.63, 3.8) is 0 Å². The second kappa shape index (κ2) is 6.64. The van der Waals surface area contributed by atoms with Crippen molar-refractivity contribution in [3.05, 3.63) is 95.8 Å². The third-order valence-corrected chi connectivity index (χ3v) is 4.87. The van der Waals surface area contributed by atoms with E-state index in [1.54, 1.807) is 0 Å². The van der Waals surface area contributed by atoms with E-state index in [9.17, 15) is 0 Å². The Morgan fingerprint density at radius 1 is 0.654 bits per heavy atom. The average Bonchev–Trinajstić information content (AvgIpc) is 3.11. The summed E-state index contributed by atoms with van der Waals surface area (Å²) < 4.78 is 1.97. The van der Waals surface area contributed by atoms with E-state index in [2.05, 4.69) is 98.8 Å². The Bertz CT molecular complexity index is 1040. The van der Waals surface area contributed by atoms with Crippen LogP contribution in [0.25, 0.3) is 27.9 Å². The number of benzene rings is 3. The average molecular weight is 338 g/mol. The van der Waals surface area contributed by atoms with E-state index in [4.69, 9.17) is 0 Å². The van der Waals surface area contributed by atoms with E-state index in [0.29, 0.717) is 0 Å². The lowest BCUT2D eigenvalue weighted by Crippen LogP contribution is -1.96. The molecule has 0 aliphatic carbocycles. The number of rotatable bonds is 3. The van der Waals surface area contributed by atoms with E-state index in [1.165, 1.54) is 33.4 Å². The van der Waals surface area contributed by atoms with Gasteiger partial charge < -0.3 is 0 Å². The molecule has 1 heterocycles. The lowest BCUT2D eigenvalue weighted by atomic mass is 9.93. The van der Waals surface area contributed by atoms with Crippen LogP contribution in [-0.2, 0) is 0 Å². The maximum atomic E-state index is 4.60. The van der Waals surface area contributed by atoms with Gasteiger partial charge >= 0.3 is 0 Å². The van der Waals surface area contributed by atoms with Crippen LogP contribution in [0.5, 0.6) is 0 Å². The number of hydrogen-bond acceptors (Lipinski definition) is 1. The fraction of sp³-hybridized carbons (Fsp3) is 0.125. The van der Waals surface area contributed by atoms with Gasteiger partial charge in [-0.25, -0.2) is 4.68 Å². The standard InChI is InChI=1S/C24H22N2/c1-17-9-7-8-12-23(17)26-16-22(15-25-26)24-18(2)13-21(14-19(24)3)20-10-5-4-6-11-20/h4-16H,1-3H3. The highest BCUT2D eigenvalue weighted by atomic mass is 15.3. The number of hydrogen-bond donors (Lipinski definition) is 0. The molecule has 0 radical (unpaired) electrons. The molecule has 2 nitrogen and oxygen atoms in total. The summed E-state index contributed by atoms with van der Waals surface area (Å²) in [5.41, 5.74) is 9.82. The summed E-state index contributed by atoms with van der Waals surface area (Å²) in [6.45, 7) is 6.47. The van der Waals surface area contributed by atoms with E-state index in [0.717, 1.165) is 11.3 Å². The topological polar surface area (TPSA) is 17.8 Å². The van der Waals surface area contributed by atoms with Gasteiger partial charge in [-0.3, -0.25) is 0 Å². The van der Waals surface area contributed by atoms with Crippen LogP contribution in [0.4, 0.5) is 0 Å². The van der Waals surface area contributed by atoms with E-state index in [1.807, 2.05) is 10.9 Å². The lowest BCUT2D eigenvalue weighted by Gasteiger charge is -2.12. The van der Waals surface area contributed by atoms with E-state index in [-0.39, 0.29) is 0 Å². The Kier molecular flexibility index (Phi) is 4.18. The van der Waals surface area contributed by atoms with Crippen LogP contribution in [0.15, 0.2) is 79.1 Å². The van der Waals surface area contributed by atoms with Gasteiger partial charge in [0.2, 0.25) is 0 Å². The summed E-state index contributed by atoms with van der Waals surface area (Å²) in [7, 11) is 0. The molecule has 4 aromatic rings. The zero-order valence-electron chi connectivity index (χ0n) is 15.4. The molecule has 0 fully saturated rings. The van der Waals surface area contributed by atoms with Crippen LogP contribution in [0.3, 0.4) is 0 Å². The largest absolute Gasteiger partial charge is 0.240 e. The fourth-order valence-electron chi connectivity index (χ4n) is 3.62. The monoisotopic (exact) mass is 338 g/mol. The Morgan fingerprint density at radius 3 is 2.00 bits per heavy atom. The third kappa shape index (κ3) is 2.95. The molecule has 0 unspecified atom stereocenters. The molecule has 0 bridgehead atoms. The van der Waals surface area contributed by atoms with Crippen LogP contribution in [-0.4, -0.2) is 9.78 Å². The lowest BCUT2D eigenvalue weighted by molar-refractivity contribution is 0.873. The van der Waals surface area contributed by atoms with Crippen molar-refractivity contribution in [2.45, 2.75) is 20.8 Å². The zero-order chi connectivity index (χ0) is 18.1. The van der Waals surface area contributed by atoms with Gasteiger partial charge in [0.15, 0.2) is 0 Å². The van der Waals surface area contributed by atoms with Gasteiger partial charge in [-0.2, -0.15) is 5.10 Å². The molecule has 0 spiro atoms. The van der Waals surface area contributed by atoms with Gasteiger partial charge in [0.25, 0.3) is 0 Å². The van der Waals surface area contributed by atoms with Crippen LogP contribution in [0, 0.1) is 20.8 Å². The van der Waals surface area contributed by atoms with Crippen LogP contribution < -0.4 is 0 Å². The molecular formula is C24H22N2. The minimum atomic E-state index is 1.12. The van der Waals surface area contributed by atoms with Crippen molar-refractivity contribution in [3.8, 4) is 27.9 Å². The SMILES string of the molecule is Cc1ccccc1-n1cc(-c2c(C)cc(-c3ccccc3)cc2C)cn1. The molecule has 3 aromatic carbocycles. The van der Waals surface area contributed by atoms with Gasteiger partial charge in [0.1, 0.15) is 0 Å². The summed E-state index contributed by atoms with van der Waals surface area (Å²) in [6, 6.07) is 23.4. The maximum Gasteiger partial charge on any atom is 0.0674 e. The second-order valence-corrected chi connectivity index (χ2v) is 6.81. The molecule has 0 saturated heterocycles. The predicted molar refractivity (Wildman–Crippen MR) is 109 cm³/mol. The van der Waals surface area contributed by atoms with Gasteiger partial charge in [0, 0.05) is 11.8 Å². The maximum absolute atomic E-state index is 4.60. The molecule has 0 amide bonds. The summed E-state index contributed by atoms with van der Waals surface area (Å²) in [4.78, 5) is 0. The minimum absolute atomic E-state index is 1.12. The highest BCUT2D eigenvalue weighted by molar-refractivity contribution is 5.76. The summed E-state index contributed by atoms with van der Waals surface area (Å²) in [5.74, 6) is 0. The number of para-hydroxylation sites is 1. The fourth-order valence-corrected chi connectivity index (χ4v) is 3.62. The van der Waals surface area contributed by atoms with Crippen molar-refractivity contribution >= 4 is 0 Å². The first-order valence-electron chi connectivity index (χ1n) is 8.91. The van der Waals surface area contributed by atoms with Gasteiger partial charge in [0.05, 0.1) is 11.9 Å². The van der Waals surface area contributed by atoms with Crippen LogP contribution in [0.2, 0.25) is 0 Å². The van der Waals surface area contributed by atoms with Gasteiger partial charge in [-0.05, 0) is 60.2 Å². The Morgan fingerprint density at radius 2 is 1.31 bits per heavy atom. The summed E-state index contributed by atoms with van der Waals surface area (Å²) >= 11 is 0. The Balaban J connectivity index is 1.77. The molecule has 26 heavy (non-hydrogen) atoms. The third-order valence-electron chi connectivity index (χ3n) is 4.87. The first kappa shape index (κ1) is 16.3. The Labute approximate surface area is 154 Å². The summed E-state index contributed by atoms with van der Waals surface area (Å²) in [5, 5.41) is 4.60. The van der Waals surface area contributed by atoms with Crippen LogP contribution >= 0.6 is 0 Å². The molecule has 0 aliphatic rings. The molecule has 0 aliphatic heterocycles. The molecule has 4 rings (SSSR count). The molecule has 0 saturated carbocycles. The number of aromatic nitrogens is 2. The smallest absolute Gasteiger partial charge is 0.0674 e. The molecular weight excluding hydrogens is 316 g/mol. The second-order valence-electron chi connectivity index (χ2n) is 6.81. The van der Waals surface area contributed by atoms with Crippen molar-refractivity contribution in [1.29, 1.82) is 0 Å². The van der Waals surface area contributed by atoms with Crippen molar-refractivity contribution in [1.82, 2.24) is 9.78 Å². The molecule has 128 valence electrons. The van der Waals surface area contributed by atoms with Crippen molar-refractivity contribution < 1.29 is 0 Å². The highest BCUT2D eigenvalue weighted by Crippen LogP contribution is 2.32.